The largest absolute Gasteiger partial charge is 0.345 e. The summed E-state index contributed by atoms with van der Waals surface area (Å²) in [5.74, 6) is -0.294. The van der Waals surface area contributed by atoms with Gasteiger partial charge in [0.15, 0.2) is 0 Å². The molecule has 2 unspecified atom stereocenters. The Labute approximate surface area is 118 Å². The average molecular weight is 273 g/mol. The Balaban J connectivity index is 2.01. The Morgan fingerprint density at radius 3 is 2.65 bits per heavy atom. The topological polar surface area (TPSA) is 76.4 Å². The van der Waals surface area contributed by atoms with Crippen LogP contribution in [0.4, 0.5) is 10.5 Å². The maximum absolute atomic E-state index is 12.0. The van der Waals surface area contributed by atoms with Crippen LogP contribution in [-0.2, 0) is 0 Å². The van der Waals surface area contributed by atoms with Crippen molar-refractivity contribution in [2.24, 2.45) is 5.92 Å². The second kappa shape index (κ2) is 6.40. The van der Waals surface area contributed by atoms with Crippen LogP contribution in [0.3, 0.4) is 0 Å². The number of carbonyl (C=O) groups excluding carboxylic acids is 1. The van der Waals surface area contributed by atoms with Gasteiger partial charge in [-0.2, -0.15) is 5.26 Å². The SMILES string of the molecule is Cc1ccc(NC(=O)N(O)C2CCCCC2C#N)cc1. The van der Waals surface area contributed by atoms with Gasteiger partial charge in [0.05, 0.1) is 18.0 Å². The molecular weight excluding hydrogens is 254 g/mol. The molecule has 5 nitrogen and oxygen atoms in total. The van der Waals surface area contributed by atoms with Crippen LogP contribution < -0.4 is 5.32 Å². The number of nitrogens with one attached hydrogen (secondary N) is 1. The summed E-state index contributed by atoms with van der Waals surface area (Å²) >= 11 is 0. The number of aryl methyl sites for hydroxylation is 1. The number of nitriles is 1. The van der Waals surface area contributed by atoms with Crippen LogP contribution in [0.5, 0.6) is 0 Å². The molecule has 1 saturated carbocycles. The van der Waals surface area contributed by atoms with E-state index in [2.05, 4.69) is 11.4 Å². The van der Waals surface area contributed by atoms with Gasteiger partial charge in [-0.15, -0.1) is 0 Å². The van der Waals surface area contributed by atoms with Gasteiger partial charge in [-0.1, -0.05) is 30.5 Å². The van der Waals surface area contributed by atoms with Crippen molar-refractivity contribution in [2.45, 2.75) is 38.6 Å². The lowest BCUT2D eigenvalue weighted by molar-refractivity contribution is -0.0919. The second-order valence-electron chi connectivity index (χ2n) is 5.23. The van der Waals surface area contributed by atoms with E-state index in [9.17, 15) is 10.0 Å². The highest BCUT2D eigenvalue weighted by Crippen LogP contribution is 2.27. The number of rotatable bonds is 2. The number of urea groups is 1. The molecule has 1 aromatic carbocycles. The molecule has 1 aromatic rings. The van der Waals surface area contributed by atoms with Gasteiger partial charge in [-0.05, 0) is 31.9 Å². The van der Waals surface area contributed by atoms with Gasteiger partial charge >= 0.3 is 6.03 Å². The van der Waals surface area contributed by atoms with Gasteiger partial charge < -0.3 is 5.32 Å². The van der Waals surface area contributed by atoms with E-state index >= 15 is 0 Å². The Morgan fingerprint density at radius 1 is 1.35 bits per heavy atom. The first-order valence-corrected chi connectivity index (χ1v) is 6.87. The minimum Gasteiger partial charge on any atom is -0.306 e. The number of anilines is 1. The van der Waals surface area contributed by atoms with E-state index in [1.54, 1.807) is 12.1 Å². The molecule has 2 N–H and O–H groups in total. The average Bonchev–Trinajstić information content (AvgIpc) is 2.48. The molecular formula is C15H19N3O2. The molecule has 0 aliphatic heterocycles. The van der Waals surface area contributed by atoms with Gasteiger partial charge in [0.25, 0.3) is 0 Å². The van der Waals surface area contributed by atoms with Gasteiger partial charge in [-0.25, -0.2) is 9.86 Å². The fourth-order valence-electron chi connectivity index (χ4n) is 2.52. The summed E-state index contributed by atoms with van der Waals surface area (Å²) in [4.78, 5) is 12.0. The first kappa shape index (κ1) is 14.4. The van der Waals surface area contributed by atoms with Crippen LogP contribution >= 0.6 is 0 Å². The fraction of sp³-hybridized carbons (Fsp3) is 0.467. The molecule has 106 valence electrons. The minimum absolute atomic E-state index is 0.294. The van der Waals surface area contributed by atoms with Gasteiger partial charge in [0.1, 0.15) is 0 Å². The number of carbonyl (C=O) groups is 1. The summed E-state index contributed by atoms with van der Waals surface area (Å²) < 4.78 is 0. The molecule has 2 atom stereocenters. The normalized spacial score (nSPS) is 21.9. The second-order valence-corrected chi connectivity index (χ2v) is 5.23. The van der Waals surface area contributed by atoms with E-state index in [0.717, 1.165) is 24.8 Å². The zero-order valence-corrected chi connectivity index (χ0v) is 11.5. The summed E-state index contributed by atoms with van der Waals surface area (Å²) in [6.45, 7) is 1.96. The van der Waals surface area contributed by atoms with E-state index in [1.807, 2.05) is 19.1 Å². The summed E-state index contributed by atoms with van der Waals surface area (Å²) in [6.07, 6.45) is 3.30. The number of nitrogens with zero attached hydrogens (tertiary/aromatic N) is 2. The third-order valence-corrected chi connectivity index (χ3v) is 3.72. The number of hydrogen-bond acceptors (Lipinski definition) is 3. The first-order chi connectivity index (χ1) is 9.61. The lowest BCUT2D eigenvalue weighted by Crippen LogP contribution is -2.45. The maximum atomic E-state index is 12.0. The molecule has 0 radical (unpaired) electrons. The number of amides is 2. The molecule has 2 amide bonds. The molecule has 1 aliphatic carbocycles. The molecule has 5 heteroatoms. The summed E-state index contributed by atoms with van der Waals surface area (Å²) in [7, 11) is 0. The van der Waals surface area contributed by atoms with Crippen molar-refractivity contribution in [3.8, 4) is 6.07 Å². The van der Waals surface area contributed by atoms with E-state index in [0.29, 0.717) is 17.2 Å². The smallest absolute Gasteiger partial charge is 0.306 e. The Kier molecular flexibility index (Phi) is 4.59. The minimum atomic E-state index is -0.582. The van der Waals surface area contributed by atoms with Gasteiger partial charge in [0, 0.05) is 5.69 Å². The first-order valence-electron chi connectivity index (χ1n) is 6.87. The monoisotopic (exact) mass is 273 g/mol. The van der Waals surface area contributed by atoms with Crippen LogP contribution in [0.25, 0.3) is 0 Å². The van der Waals surface area contributed by atoms with Gasteiger partial charge in [-0.3, -0.25) is 5.21 Å². The van der Waals surface area contributed by atoms with Crippen molar-refractivity contribution in [1.82, 2.24) is 5.06 Å². The zero-order valence-electron chi connectivity index (χ0n) is 11.5. The molecule has 0 saturated heterocycles. The predicted octanol–water partition coefficient (Wildman–Crippen LogP) is 3.30. The van der Waals surface area contributed by atoms with Crippen molar-refractivity contribution < 1.29 is 10.0 Å². The third-order valence-electron chi connectivity index (χ3n) is 3.72. The number of hydrogen-bond donors (Lipinski definition) is 2. The summed E-state index contributed by atoms with van der Waals surface area (Å²) in [5.41, 5.74) is 1.73. The molecule has 0 bridgehead atoms. The van der Waals surface area contributed by atoms with Crippen molar-refractivity contribution in [3.05, 3.63) is 29.8 Å². The molecule has 20 heavy (non-hydrogen) atoms. The molecule has 1 aliphatic rings. The highest BCUT2D eigenvalue weighted by Gasteiger charge is 2.32. The Bertz CT molecular complexity index is 507. The van der Waals surface area contributed by atoms with Crippen molar-refractivity contribution in [2.75, 3.05) is 5.32 Å². The van der Waals surface area contributed by atoms with Crippen LogP contribution in [0, 0.1) is 24.2 Å². The highest BCUT2D eigenvalue weighted by molar-refractivity contribution is 5.88. The van der Waals surface area contributed by atoms with E-state index in [4.69, 9.17) is 5.26 Å². The number of hydroxylamine groups is 2. The van der Waals surface area contributed by atoms with Crippen LogP contribution in [0.15, 0.2) is 24.3 Å². The zero-order chi connectivity index (χ0) is 14.5. The van der Waals surface area contributed by atoms with E-state index in [1.165, 1.54) is 0 Å². The molecule has 0 heterocycles. The van der Waals surface area contributed by atoms with Crippen molar-refractivity contribution >= 4 is 11.7 Å². The quantitative estimate of drug-likeness (QED) is 0.641. The third kappa shape index (κ3) is 3.28. The lowest BCUT2D eigenvalue weighted by atomic mass is 9.85. The molecule has 0 spiro atoms. The molecule has 0 aromatic heterocycles. The lowest BCUT2D eigenvalue weighted by Gasteiger charge is -2.32. The highest BCUT2D eigenvalue weighted by atomic mass is 16.5. The predicted molar refractivity (Wildman–Crippen MR) is 75.2 cm³/mol. The van der Waals surface area contributed by atoms with Gasteiger partial charge in [0.2, 0.25) is 0 Å². The Hall–Kier alpha value is -2.06. The van der Waals surface area contributed by atoms with Crippen LogP contribution in [-0.4, -0.2) is 22.3 Å². The Morgan fingerprint density at radius 2 is 2.00 bits per heavy atom. The standard InChI is InChI=1S/C15H19N3O2/c1-11-6-8-13(9-7-11)17-15(19)18(20)14-5-3-2-4-12(14)10-16/h6-9,12,14,20H,2-5H2,1H3,(H,17,19). The fourth-order valence-corrected chi connectivity index (χ4v) is 2.52. The van der Waals surface area contributed by atoms with Crippen molar-refractivity contribution in [1.29, 1.82) is 5.26 Å². The molecule has 1 fully saturated rings. The summed E-state index contributed by atoms with van der Waals surface area (Å²) in [6, 6.07) is 8.51. The van der Waals surface area contributed by atoms with E-state index in [-0.39, 0.29) is 5.92 Å². The van der Waals surface area contributed by atoms with Crippen LogP contribution in [0.2, 0.25) is 0 Å². The van der Waals surface area contributed by atoms with Crippen molar-refractivity contribution in [3.63, 3.8) is 0 Å². The summed E-state index contributed by atoms with van der Waals surface area (Å²) in [5, 5.41) is 22.4. The maximum Gasteiger partial charge on any atom is 0.345 e. The van der Waals surface area contributed by atoms with Crippen LogP contribution in [0.1, 0.15) is 31.2 Å². The molecule has 2 rings (SSSR count). The number of benzene rings is 1. The van der Waals surface area contributed by atoms with E-state index < -0.39 is 12.1 Å².